The molecule has 5 rings (SSSR count). The number of nitrogens with one attached hydrogen (secondary N) is 3. The average molecular weight is 431 g/mol. The van der Waals surface area contributed by atoms with Crippen LogP contribution in [0.25, 0.3) is 10.9 Å². The van der Waals surface area contributed by atoms with Gasteiger partial charge in [0.2, 0.25) is 0 Å². The first-order valence-corrected chi connectivity index (χ1v) is 10.4. The molecule has 1 saturated heterocycles. The third-order valence-electron chi connectivity index (χ3n) is 5.45. The number of benzene rings is 3. The number of para-hydroxylation sites is 2. The van der Waals surface area contributed by atoms with E-state index >= 15 is 0 Å². The molecule has 1 aromatic heterocycles. The van der Waals surface area contributed by atoms with Crippen molar-refractivity contribution in [2.45, 2.75) is 0 Å². The van der Waals surface area contributed by atoms with Crippen LogP contribution in [0.5, 0.6) is 0 Å². The summed E-state index contributed by atoms with van der Waals surface area (Å²) >= 11 is 0. The van der Waals surface area contributed by atoms with Crippen LogP contribution in [0.2, 0.25) is 0 Å². The lowest BCUT2D eigenvalue weighted by Gasteiger charge is -2.30. The molecule has 0 saturated carbocycles. The molecule has 0 radical (unpaired) electrons. The smallest absolute Gasteiger partial charge is 0.258 e. The number of nitrogens with zero attached hydrogens (tertiary/aromatic N) is 2. The van der Waals surface area contributed by atoms with Crippen molar-refractivity contribution in [3.05, 3.63) is 78.1 Å². The molecule has 3 N–H and O–H groups in total. The van der Waals surface area contributed by atoms with Gasteiger partial charge in [0.05, 0.1) is 30.0 Å². The summed E-state index contributed by atoms with van der Waals surface area (Å²) in [6, 6.07) is 19.5. The van der Waals surface area contributed by atoms with Crippen molar-refractivity contribution >= 4 is 39.7 Å². The van der Waals surface area contributed by atoms with Crippen LogP contribution in [0.15, 0.2) is 66.7 Å². The van der Waals surface area contributed by atoms with Gasteiger partial charge in [0.25, 0.3) is 5.91 Å². The molecule has 32 heavy (non-hydrogen) atoms. The quantitative estimate of drug-likeness (QED) is 0.432. The van der Waals surface area contributed by atoms with E-state index in [1.165, 1.54) is 6.07 Å². The number of aromatic amines is 1. The highest BCUT2D eigenvalue weighted by atomic mass is 19.1. The SMILES string of the molecule is O=C(Nc1n[nH]c2cc(Nc3ccccc3F)ccc12)c1ccccc1N1CCOCC1. The molecule has 0 unspecified atom stereocenters. The fourth-order valence-electron chi connectivity index (χ4n) is 3.83. The number of hydrogen-bond acceptors (Lipinski definition) is 5. The van der Waals surface area contributed by atoms with E-state index in [0.29, 0.717) is 36.0 Å². The Morgan fingerprint density at radius 1 is 1.03 bits per heavy atom. The number of rotatable bonds is 5. The van der Waals surface area contributed by atoms with Crippen molar-refractivity contribution in [2.75, 3.05) is 41.8 Å². The third kappa shape index (κ3) is 4.00. The van der Waals surface area contributed by atoms with E-state index in [4.69, 9.17) is 4.74 Å². The van der Waals surface area contributed by atoms with Gasteiger partial charge in [-0.2, -0.15) is 5.10 Å². The van der Waals surface area contributed by atoms with Crippen LogP contribution in [-0.2, 0) is 4.74 Å². The second-order valence-corrected chi connectivity index (χ2v) is 7.51. The molecule has 0 bridgehead atoms. The predicted octanol–water partition coefficient (Wildman–Crippen LogP) is 4.53. The molecule has 7 nitrogen and oxygen atoms in total. The molecule has 0 atom stereocenters. The van der Waals surface area contributed by atoms with Crippen LogP contribution in [0.3, 0.4) is 0 Å². The van der Waals surface area contributed by atoms with Crippen molar-refractivity contribution in [1.29, 1.82) is 0 Å². The Morgan fingerprint density at radius 3 is 2.66 bits per heavy atom. The van der Waals surface area contributed by atoms with Gasteiger partial charge in [0.15, 0.2) is 5.82 Å². The van der Waals surface area contributed by atoms with Gasteiger partial charge in [-0.15, -0.1) is 0 Å². The zero-order valence-electron chi connectivity index (χ0n) is 17.3. The van der Waals surface area contributed by atoms with Gasteiger partial charge in [-0.3, -0.25) is 9.89 Å². The van der Waals surface area contributed by atoms with E-state index in [1.54, 1.807) is 18.2 Å². The van der Waals surface area contributed by atoms with Crippen molar-refractivity contribution in [3.8, 4) is 0 Å². The monoisotopic (exact) mass is 431 g/mol. The molecule has 8 heteroatoms. The Bertz CT molecular complexity index is 1270. The minimum atomic E-state index is -0.330. The summed E-state index contributed by atoms with van der Waals surface area (Å²) in [5.41, 5.74) is 3.29. The van der Waals surface area contributed by atoms with Gasteiger partial charge < -0.3 is 20.3 Å². The molecule has 2 heterocycles. The predicted molar refractivity (Wildman–Crippen MR) is 123 cm³/mol. The highest BCUT2D eigenvalue weighted by Crippen LogP contribution is 2.28. The van der Waals surface area contributed by atoms with Crippen LogP contribution in [0.4, 0.5) is 27.3 Å². The molecule has 1 amide bonds. The van der Waals surface area contributed by atoms with E-state index in [-0.39, 0.29) is 11.7 Å². The number of halogens is 1. The molecule has 0 spiro atoms. The number of amides is 1. The molecule has 0 aliphatic carbocycles. The molecule has 3 aromatic carbocycles. The number of H-pyrrole nitrogens is 1. The first kappa shape index (κ1) is 20.0. The molecular weight excluding hydrogens is 409 g/mol. The number of anilines is 4. The zero-order valence-corrected chi connectivity index (χ0v) is 17.3. The van der Waals surface area contributed by atoms with Gasteiger partial charge in [-0.1, -0.05) is 24.3 Å². The molecule has 4 aromatic rings. The summed E-state index contributed by atoms with van der Waals surface area (Å²) in [6.45, 7) is 2.77. The van der Waals surface area contributed by atoms with Crippen LogP contribution < -0.4 is 15.5 Å². The Kier molecular flexibility index (Phi) is 5.43. The van der Waals surface area contributed by atoms with Gasteiger partial charge in [-0.05, 0) is 42.5 Å². The summed E-state index contributed by atoms with van der Waals surface area (Å²) in [5, 5.41) is 14.0. The minimum Gasteiger partial charge on any atom is -0.378 e. The first-order valence-electron chi connectivity index (χ1n) is 10.4. The second-order valence-electron chi connectivity index (χ2n) is 7.51. The van der Waals surface area contributed by atoms with Crippen LogP contribution in [0.1, 0.15) is 10.4 Å². The Balaban J connectivity index is 1.37. The summed E-state index contributed by atoms with van der Waals surface area (Å²) in [5.74, 6) is -0.114. The van der Waals surface area contributed by atoms with Gasteiger partial charge in [0, 0.05) is 29.9 Å². The number of fused-ring (bicyclic) bond motifs is 1. The maximum Gasteiger partial charge on any atom is 0.258 e. The van der Waals surface area contributed by atoms with Gasteiger partial charge in [0.1, 0.15) is 5.82 Å². The lowest BCUT2D eigenvalue weighted by molar-refractivity contribution is 0.102. The first-order chi connectivity index (χ1) is 15.7. The van der Waals surface area contributed by atoms with E-state index in [0.717, 1.165) is 29.7 Å². The fraction of sp³-hybridized carbons (Fsp3) is 0.167. The summed E-state index contributed by atoms with van der Waals surface area (Å²) in [4.78, 5) is 15.2. The molecule has 1 fully saturated rings. The maximum absolute atomic E-state index is 13.9. The summed E-state index contributed by atoms with van der Waals surface area (Å²) in [7, 11) is 0. The van der Waals surface area contributed by atoms with Crippen LogP contribution in [0, 0.1) is 5.82 Å². The Hall–Kier alpha value is -3.91. The van der Waals surface area contributed by atoms with Crippen molar-refractivity contribution in [1.82, 2.24) is 10.2 Å². The highest BCUT2D eigenvalue weighted by molar-refractivity contribution is 6.11. The van der Waals surface area contributed by atoms with Crippen LogP contribution >= 0.6 is 0 Å². The number of hydrogen-bond donors (Lipinski definition) is 3. The summed E-state index contributed by atoms with van der Waals surface area (Å²) < 4.78 is 19.4. The normalized spacial score (nSPS) is 13.8. The standard InChI is InChI=1S/C24H22FN5O2/c25-19-6-2-3-7-20(19)26-16-9-10-17-21(15-16)28-29-23(17)27-24(31)18-5-1-4-8-22(18)30-11-13-32-14-12-30/h1-10,15,26H,11-14H2,(H2,27,28,29,31). The molecular formula is C24H22FN5O2. The number of aromatic nitrogens is 2. The largest absolute Gasteiger partial charge is 0.378 e. The molecule has 1 aliphatic rings. The topological polar surface area (TPSA) is 82.3 Å². The van der Waals surface area contributed by atoms with E-state index in [1.807, 2.05) is 42.5 Å². The van der Waals surface area contributed by atoms with E-state index in [2.05, 4.69) is 25.7 Å². The Labute approximate surface area is 184 Å². The van der Waals surface area contributed by atoms with E-state index < -0.39 is 0 Å². The van der Waals surface area contributed by atoms with Gasteiger partial charge in [-0.25, -0.2) is 4.39 Å². The lowest BCUT2D eigenvalue weighted by atomic mass is 10.1. The van der Waals surface area contributed by atoms with Gasteiger partial charge >= 0.3 is 0 Å². The minimum absolute atomic E-state index is 0.228. The number of carbonyl (C=O) groups is 1. The highest BCUT2D eigenvalue weighted by Gasteiger charge is 2.19. The fourth-order valence-corrected chi connectivity index (χ4v) is 3.83. The van der Waals surface area contributed by atoms with Crippen LogP contribution in [-0.4, -0.2) is 42.4 Å². The number of ether oxygens (including phenoxy) is 1. The van der Waals surface area contributed by atoms with Crippen molar-refractivity contribution in [3.63, 3.8) is 0 Å². The summed E-state index contributed by atoms with van der Waals surface area (Å²) in [6.07, 6.45) is 0. The van der Waals surface area contributed by atoms with Crippen molar-refractivity contribution in [2.24, 2.45) is 0 Å². The Morgan fingerprint density at radius 2 is 1.81 bits per heavy atom. The molecule has 1 aliphatic heterocycles. The number of morpholine rings is 1. The average Bonchev–Trinajstić information content (AvgIpc) is 3.23. The lowest BCUT2D eigenvalue weighted by Crippen LogP contribution is -2.37. The zero-order chi connectivity index (χ0) is 21.9. The maximum atomic E-state index is 13.9. The second kappa shape index (κ2) is 8.68. The molecule has 162 valence electrons. The number of carbonyl (C=O) groups excluding carboxylic acids is 1. The van der Waals surface area contributed by atoms with Crippen molar-refractivity contribution < 1.29 is 13.9 Å². The third-order valence-corrected chi connectivity index (χ3v) is 5.45. The van der Waals surface area contributed by atoms with E-state index in [9.17, 15) is 9.18 Å².